The lowest BCUT2D eigenvalue weighted by Gasteiger charge is -2.17. The molecule has 2 heterocycles. The van der Waals surface area contributed by atoms with E-state index < -0.39 is 6.10 Å². The van der Waals surface area contributed by atoms with Gasteiger partial charge in [0.25, 0.3) is 0 Å². The van der Waals surface area contributed by atoms with E-state index in [2.05, 4.69) is 10.1 Å². The maximum Gasteiger partial charge on any atom is 0.143 e. The Morgan fingerprint density at radius 1 is 1.27 bits per heavy atom. The number of benzene rings is 1. The van der Waals surface area contributed by atoms with Gasteiger partial charge in [-0.1, -0.05) is 23.4 Å². The lowest BCUT2D eigenvalue weighted by molar-refractivity contribution is 0.140. The van der Waals surface area contributed by atoms with Gasteiger partial charge in [-0.3, -0.25) is 0 Å². The number of aromatic amines is 1. The summed E-state index contributed by atoms with van der Waals surface area (Å²) in [5, 5.41) is 15.8. The molecule has 3 rings (SSSR count). The number of nitrogens with one attached hydrogen (secondary N) is 1. The highest BCUT2D eigenvalue weighted by Gasteiger charge is 2.24. The summed E-state index contributed by atoms with van der Waals surface area (Å²) < 4.78 is 5.30. The number of aromatic nitrogens is 2. The van der Waals surface area contributed by atoms with Gasteiger partial charge in [-0.05, 0) is 34.0 Å². The van der Waals surface area contributed by atoms with Crippen molar-refractivity contribution >= 4 is 10.9 Å². The highest BCUT2D eigenvalue weighted by Crippen LogP contribution is 2.37. The third-order valence-corrected chi connectivity index (χ3v) is 3.90. The van der Waals surface area contributed by atoms with Crippen molar-refractivity contribution < 1.29 is 9.63 Å². The van der Waals surface area contributed by atoms with Crippen molar-refractivity contribution in [3.8, 4) is 11.3 Å². The molecule has 0 aliphatic heterocycles. The fraction of sp³-hybridized carbons (Fsp3) is 0.353. The van der Waals surface area contributed by atoms with E-state index in [1.165, 1.54) is 0 Å². The summed E-state index contributed by atoms with van der Waals surface area (Å²) in [7, 11) is 3.90. The van der Waals surface area contributed by atoms with Crippen molar-refractivity contribution in [2.75, 3.05) is 20.6 Å². The first-order chi connectivity index (χ1) is 10.5. The van der Waals surface area contributed by atoms with Crippen molar-refractivity contribution in [3.05, 3.63) is 41.3 Å². The highest BCUT2D eigenvalue weighted by molar-refractivity contribution is 5.91. The number of nitrogens with zero attached hydrogens (tertiary/aromatic N) is 2. The van der Waals surface area contributed by atoms with E-state index in [1.807, 2.05) is 57.1 Å². The van der Waals surface area contributed by atoms with E-state index in [4.69, 9.17) is 4.52 Å². The van der Waals surface area contributed by atoms with Crippen LogP contribution in [0.15, 0.2) is 28.8 Å². The highest BCUT2D eigenvalue weighted by atomic mass is 16.5. The summed E-state index contributed by atoms with van der Waals surface area (Å²) in [5.41, 5.74) is 4.56. The van der Waals surface area contributed by atoms with E-state index in [1.54, 1.807) is 0 Å². The van der Waals surface area contributed by atoms with E-state index >= 15 is 0 Å². The predicted molar refractivity (Wildman–Crippen MR) is 86.8 cm³/mol. The number of hydrogen-bond donors (Lipinski definition) is 2. The lowest BCUT2D eigenvalue weighted by atomic mass is 9.99. The minimum Gasteiger partial charge on any atom is -0.387 e. The Morgan fingerprint density at radius 3 is 2.64 bits per heavy atom. The maximum atomic E-state index is 10.7. The third-order valence-electron chi connectivity index (χ3n) is 3.90. The van der Waals surface area contributed by atoms with Gasteiger partial charge in [0.15, 0.2) is 0 Å². The van der Waals surface area contributed by atoms with Crippen molar-refractivity contribution in [3.63, 3.8) is 0 Å². The fourth-order valence-corrected chi connectivity index (χ4v) is 2.98. The molecule has 0 saturated heterocycles. The van der Waals surface area contributed by atoms with E-state index in [-0.39, 0.29) is 0 Å². The Kier molecular flexibility index (Phi) is 3.76. The monoisotopic (exact) mass is 299 g/mol. The first-order valence-electron chi connectivity index (χ1n) is 7.35. The van der Waals surface area contributed by atoms with Crippen LogP contribution in [-0.4, -0.2) is 40.8 Å². The van der Waals surface area contributed by atoms with Crippen LogP contribution in [-0.2, 0) is 0 Å². The van der Waals surface area contributed by atoms with Crippen molar-refractivity contribution in [1.82, 2.24) is 15.0 Å². The van der Waals surface area contributed by atoms with Gasteiger partial charge in [0.05, 0.1) is 23.1 Å². The summed E-state index contributed by atoms with van der Waals surface area (Å²) in [6.45, 7) is 4.36. The minimum absolute atomic E-state index is 0.554. The van der Waals surface area contributed by atoms with Gasteiger partial charge in [-0.2, -0.15) is 0 Å². The van der Waals surface area contributed by atoms with Gasteiger partial charge in [0.1, 0.15) is 5.76 Å². The predicted octanol–water partition coefficient (Wildman–Crippen LogP) is 3.03. The van der Waals surface area contributed by atoms with Gasteiger partial charge < -0.3 is 19.5 Å². The average Bonchev–Trinajstić information content (AvgIpc) is 2.98. The summed E-state index contributed by atoms with van der Waals surface area (Å²) in [6, 6.07) is 8.02. The van der Waals surface area contributed by atoms with Gasteiger partial charge in [-0.15, -0.1) is 0 Å². The molecule has 2 aromatic heterocycles. The third kappa shape index (κ3) is 2.42. The summed E-state index contributed by atoms with van der Waals surface area (Å²) in [5.74, 6) is 0.752. The Morgan fingerprint density at radius 2 is 2.00 bits per heavy atom. The van der Waals surface area contributed by atoms with E-state index in [0.717, 1.165) is 39.2 Å². The second-order valence-electron chi connectivity index (χ2n) is 5.94. The summed E-state index contributed by atoms with van der Waals surface area (Å²) in [4.78, 5) is 5.40. The minimum atomic E-state index is -0.588. The number of likely N-dealkylation sites (N-methyl/N-ethyl adjacent to an activating group) is 1. The first kappa shape index (κ1) is 14.8. The number of H-pyrrole nitrogens is 1. The molecule has 0 saturated carbocycles. The average molecular weight is 299 g/mol. The molecule has 3 aromatic rings. The van der Waals surface area contributed by atoms with E-state index in [0.29, 0.717) is 6.54 Å². The first-order valence-corrected chi connectivity index (χ1v) is 7.35. The zero-order chi connectivity index (χ0) is 15.9. The molecular weight excluding hydrogens is 278 g/mol. The standard InChI is InChI=1S/C17H21N3O2/c1-10-15(11(2)22-19-10)17-16(14(21)9-20(3)4)12-7-5-6-8-13(12)18-17/h5-8,14,18,21H,9H2,1-4H3. The molecule has 0 amide bonds. The maximum absolute atomic E-state index is 10.7. The number of aliphatic hydroxyl groups excluding tert-OH is 1. The van der Waals surface area contributed by atoms with Crippen LogP contribution in [0.1, 0.15) is 23.1 Å². The van der Waals surface area contributed by atoms with Crippen LogP contribution in [0.4, 0.5) is 0 Å². The van der Waals surface area contributed by atoms with Crippen LogP contribution >= 0.6 is 0 Å². The SMILES string of the molecule is Cc1noc(C)c1-c1[nH]c2ccccc2c1C(O)CN(C)C. The zero-order valence-corrected chi connectivity index (χ0v) is 13.3. The fourth-order valence-electron chi connectivity index (χ4n) is 2.98. The number of aliphatic hydroxyl groups is 1. The Balaban J connectivity index is 2.25. The summed E-state index contributed by atoms with van der Waals surface area (Å²) >= 11 is 0. The molecule has 0 bridgehead atoms. The normalized spacial score (nSPS) is 13.2. The number of para-hydroxylation sites is 1. The molecule has 5 nitrogen and oxygen atoms in total. The molecule has 1 unspecified atom stereocenters. The number of fused-ring (bicyclic) bond motifs is 1. The Bertz CT molecular complexity index is 782. The Labute approximate surface area is 129 Å². The number of hydrogen-bond acceptors (Lipinski definition) is 4. The van der Waals surface area contributed by atoms with Crippen molar-refractivity contribution in [1.29, 1.82) is 0 Å². The van der Waals surface area contributed by atoms with Crippen LogP contribution in [0.2, 0.25) is 0 Å². The molecule has 116 valence electrons. The molecule has 2 N–H and O–H groups in total. The molecule has 0 spiro atoms. The molecule has 0 aliphatic carbocycles. The summed E-state index contributed by atoms with van der Waals surface area (Å²) in [6.07, 6.45) is -0.588. The number of rotatable bonds is 4. The molecule has 1 aromatic carbocycles. The molecule has 1 atom stereocenters. The molecule has 22 heavy (non-hydrogen) atoms. The molecule has 5 heteroatoms. The largest absolute Gasteiger partial charge is 0.387 e. The van der Waals surface area contributed by atoms with Crippen LogP contribution in [0.25, 0.3) is 22.2 Å². The van der Waals surface area contributed by atoms with Gasteiger partial charge in [0, 0.05) is 23.0 Å². The molecule has 0 radical (unpaired) electrons. The quantitative estimate of drug-likeness (QED) is 0.777. The molecule has 0 fully saturated rings. The van der Waals surface area contributed by atoms with Gasteiger partial charge >= 0.3 is 0 Å². The van der Waals surface area contributed by atoms with Crippen molar-refractivity contribution in [2.24, 2.45) is 0 Å². The molecule has 0 aliphatic rings. The second kappa shape index (κ2) is 5.59. The smallest absolute Gasteiger partial charge is 0.143 e. The van der Waals surface area contributed by atoms with Gasteiger partial charge in [-0.25, -0.2) is 0 Å². The Hall–Kier alpha value is -2.11. The van der Waals surface area contributed by atoms with Crippen LogP contribution in [0, 0.1) is 13.8 Å². The van der Waals surface area contributed by atoms with Crippen LogP contribution < -0.4 is 0 Å². The van der Waals surface area contributed by atoms with Gasteiger partial charge in [0.2, 0.25) is 0 Å². The van der Waals surface area contributed by atoms with E-state index in [9.17, 15) is 5.11 Å². The topological polar surface area (TPSA) is 65.3 Å². The van der Waals surface area contributed by atoms with Crippen molar-refractivity contribution in [2.45, 2.75) is 20.0 Å². The molecular formula is C17H21N3O2. The van der Waals surface area contributed by atoms with Crippen LogP contribution in [0.3, 0.4) is 0 Å². The van der Waals surface area contributed by atoms with Crippen LogP contribution in [0.5, 0.6) is 0 Å². The second-order valence-corrected chi connectivity index (χ2v) is 5.94. The lowest BCUT2D eigenvalue weighted by Crippen LogP contribution is -2.20. The zero-order valence-electron chi connectivity index (χ0n) is 13.3. The number of aryl methyl sites for hydroxylation is 2.